The van der Waals surface area contributed by atoms with Gasteiger partial charge in [0.1, 0.15) is 15.8 Å². The summed E-state index contributed by atoms with van der Waals surface area (Å²) < 4.78 is 8.51. The standard InChI is InChI=1S/C22H18N2O3S2/c1-13-7-8-14-5-3-4-6-16(14)20(13)21-23-19(12-28-21)29-24-17-10-9-15(22(25)26)11-18(17)27-2/h3-12,24H,1-2H3,(H,25,26). The first-order valence-electron chi connectivity index (χ1n) is 8.85. The van der Waals surface area contributed by atoms with Crippen LogP contribution in [0, 0.1) is 6.92 Å². The summed E-state index contributed by atoms with van der Waals surface area (Å²) in [6, 6.07) is 17.3. The molecule has 0 amide bonds. The normalized spacial score (nSPS) is 10.8. The summed E-state index contributed by atoms with van der Waals surface area (Å²) in [5, 5.41) is 15.3. The first kappa shape index (κ1) is 19.3. The van der Waals surface area contributed by atoms with Gasteiger partial charge in [-0.2, -0.15) is 0 Å². The molecule has 0 fully saturated rings. The number of ether oxygens (including phenoxy) is 1. The number of anilines is 1. The Morgan fingerprint density at radius 2 is 2.00 bits per heavy atom. The zero-order valence-corrected chi connectivity index (χ0v) is 17.4. The van der Waals surface area contributed by atoms with Crippen molar-refractivity contribution >= 4 is 45.7 Å². The highest BCUT2D eigenvalue weighted by molar-refractivity contribution is 8.00. The van der Waals surface area contributed by atoms with E-state index in [9.17, 15) is 4.79 Å². The van der Waals surface area contributed by atoms with Crippen molar-refractivity contribution in [2.45, 2.75) is 11.9 Å². The largest absolute Gasteiger partial charge is 0.495 e. The molecule has 2 N–H and O–H groups in total. The maximum Gasteiger partial charge on any atom is 0.335 e. The minimum absolute atomic E-state index is 0.180. The third-order valence-electron chi connectivity index (χ3n) is 4.55. The number of methoxy groups -OCH3 is 1. The quantitative estimate of drug-likeness (QED) is 0.366. The van der Waals surface area contributed by atoms with Gasteiger partial charge in [0.2, 0.25) is 0 Å². The number of aryl methyl sites for hydroxylation is 1. The van der Waals surface area contributed by atoms with Crippen molar-refractivity contribution in [3.8, 4) is 16.3 Å². The molecule has 7 heteroatoms. The fraction of sp³-hybridized carbons (Fsp3) is 0.0909. The van der Waals surface area contributed by atoms with Crippen molar-refractivity contribution < 1.29 is 14.6 Å². The Morgan fingerprint density at radius 3 is 2.79 bits per heavy atom. The van der Waals surface area contributed by atoms with E-state index in [1.807, 2.05) is 17.5 Å². The zero-order chi connectivity index (χ0) is 20.4. The first-order chi connectivity index (χ1) is 14.1. The van der Waals surface area contributed by atoms with Gasteiger partial charge in [-0.05, 0) is 41.5 Å². The van der Waals surface area contributed by atoms with Crippen LogP contribution in [0.2, 0.25) is 0 Å². The highest BCUT2D eigenvalue weighted by Crippen LogP contribution is 2.36. The number of carboxylic acids is 1. The van der Waals surface area contributed by atoms with Gasteiger partial charge in [0.25, 0.3) is 0 Å². The molecule has 0 spiro atoms. The molecule has 0 bridgehead atoms. The predicted octanol–water partition coefficient (Wildman–Crippen LogP) is 6.10. The predicted molar refractivity (Wildman–Crippen MR) is 119 cm³/mol. The summed E-state index contributed by atoms with van der Waals surface area (Å²) in [6.07, 6.45) is 0. The monoisotopic (exact) mass is 422 g/mol. The van der Waals surface area contributed by atoms with E-state index in [4.69, 9.17) is 14.8 Å². The molecular weight excluding hydrogens is 404 g/mol. The number of hydrogen-bond donors (Lipinski definition) is 2. The minimum Gasteiger partial charge on any atom is -0.495 e. The molecule has 4 rings (SSSR count). The van der Waals surface area contributed by atoms with Crippen LogP contribution in [0.1, 0.15) is 15.9 Å². The number of thiazole rings is 1. The molecule has 0 atom stereocenters. The third kappa shape index (κ3) is 3.92. The van der Waals surface area contributed by atoms with Gasteiger partial charge in [-0.25, -0.2) is 9.78 Å². The van der Waals surface area contributed by atoms with E-state index >= 15 is 0 Å². The Labute approximate surface area is 176 Å². The van der Waals surface area contributed by atoms with Gasteiger partial charge < -0.3 is 14.6 Å². The van der Waals surface area contributed by atoms with Crippen LogP contribution in [-0.2, 0) is 0 Å². The van der Waals surface area contributed by atoms with E-state index in [0.717, 1.165) is 15.6 Å². The van der Waals surface area contributed by atoms with E-state index in [2.05, 4.69) is 35.9 Å². The molecule has 0 unspecified atom stereocenters. The lowest BCUT2D eigenvalue weighted by Crippen LogP contribution is -1.99. The van der Waals surface area contributed by atoms with Crippen LogP contribution in [-0.4, -0.2) is 23.2 Å². The second-order valence-corrected chi connectivity index (χ2v) is 8.08. The fourth-order valence-corrected chi connectivity index (χ4v) is 4.82. The molecule has 0 aliphatic rings. The van der Waals surface area contributed by atoms with Crippen LogP contribution in [0.4, 0.5) is 5.69 Å². The Balaban J connectivity index is 1.59. The number of aromatic nitrogens is 1. The summed E-state index contributed by atoms with van der Waals surface area (Å²) in [6.45, 7) is 2.10. The summed E-state index contributed by atoms with van der Waals surface area (Å²) in [5.41, 5.74) is 3.22. The van der Waals surface area contributed by atoms with Gasteiger partial charge in [-0.1, -0.05) is 36.4 Å². The van der Waals surface area contributed by atoms with Gasteiger partial charge in [0, 0.05) is 22.9 Å². The topological polar surface area (TPSA) is 71.5 Å². The maximum absolute atomic E-state index is 11.1. The van der Waals surface area contributed by atoms with E-state index in [1.54, 1.807) is 23.5 Å². The molecule has 3 aromatic carbocycles. The van der Waals surface area contributed by atoms with Gasteiger partial charge in [-0.3, -0.25) is 0 Å². The SMILES string of the molecule is COc1cc(C(=O)O)ccc1NSc1csc(-c2c(C)ccc3ccccc23)n1. The Morgan fingerprint density at radius 1 is 1.17 bits per heavy atom. The molecule has 0 aliphatic carbocycles. The van der Waals surface area contributed by atoms with E-state index in [1.165, 1.54) is 41.5 Å². The first-order valence-corrected chi connectivity index (χ1v) is 10.5. The number of rotatable bonds is 6. The van der Waals surface area contributed by atoms with Crippen molar-refractivity contribution in [2.75, 3.05) is 11.8 Å². The lowest BCUT2D eigenvalue weighted by Gasteiger charge is -2.10. The van der Waals surface area contributed by atoms with Crippen LogP contribution in [0.3, 0.4) is 0 Å². The molecule has 0 saturated heterocycles. The molecule has 0 saturated carbocycles. The maximum atomic E-state index is 11.1. The van der Waals surface area contributed by atoms with Gasteiger partial charge >= 0.3 is 5.97 Å². The van der Waals surface area contributed by atoms with Crippen molar-refractivity contribution in [1.29, 1.82) is 0 Å². The number of nitrogens with one attached hydrogen (secondary N) is 1. The van der Waals surface area contributed by atoms with Crippen LogP contribution < -0.4 is 9.46 Å². The minimum atomic E-state index is -0.989. The summed E-state index contributed by atoms with van der Waals surface area (Å²) in [5.74, 6) is -0.519. The highest BCUT2D eigenvalue weighted by atomic mass is 32.2. The Bertz CT molecular complexity index is 1200. The van der Waals surface area contributed by atoms with Crippen molar-refractivity contribution in [3.05, 3.63) is 71.1 Å². The highest BCUT2D eigenvalue weighted by Gasteiger charge is 2.13. The number of nitrogens with zero attached hydrogens (tertiary/aromatic N) is 1. The molecular formula is C22H18N2O3S2. The van der Waals surface area contributed by atoms with Gasteiger partial charge in [0.05, 0.1) is 18.4 Å². The number of carboxylic acid groups (broad SMARTS) is 1. The van der Waals surface area contributed by atoms with Crippen LogP contribution in [0.5, 0.6) is 5.75 Å². The van der Waals surface area contributed by atoms with Gasteiger partial charge in [-0.15, -0.1) is 11.3 Å². The van der Waals surface area contributed by atoms with Crippen molar-refractivity contribution in [3.63, 3.8) is 0 Å². The summed E-state index contributed by atoms with van der Waals surface area (Å²) >= 11 is 2.97. The van der Waals surface area contributed by atoms with Crippen LogP contribution >= 0.6 is 23.3 Å². The Kier molecular flexibility index (Phi) is 5.42. The molecule has 5 nitrogen and oxygen atoms in total. The average Bonchev–Trinajstić information content (AvgIpc) is 3.20. The van der Waals surface area contributed by atoms with Crippen LogP contribution in [0.15, 0.2) is 65.0 Å². The molecule has 29 heavy (non-hydrogen) atoms. The number of aromatic carboxylic acids is 1. The van der Waals surface area contributed by atoms with E-state index in [0.29, 0.717) is 11.4 Å². The number of fused-ring (bicyclic) bond motifs is 1. The van der Waals surface area contributed by atoms with E-state index in [-0.39, 0.29) is 5.56 Å². The van der Waals surface area contributed by atoms with E-state index < -0.39 is 5.97 Å². The fourth-order valence-electron chi connectivity index (χ4n) is 3.10. The second kappa shape index (κ2) is 8.14. The molecule has 0 radical (unpaired) electrons. The van der Waals surface area contributed by atoms with Gasteiger partial charge in [0.15, 0.2) is 0 Å². The third-order valence-corrected chi connectivity index (χ3v) is 6.30. The average molecular weight is 423 g/mol. The molecule has 4 aromatic rings. The number of hydrogen-bond acceptors (Lipinski definition) is 6. The zero-order valence-electron chi connectivity index (χ0n) is 15.8. The lowest BCUT2D eigenvalue weighted by molar-refractivity contribution is 0.0696. The molecule has 1 heterocycles. The summed E-state index contributed by atoms with van der Waals surface area (Å²) in [4.78, 5) is 15.9. The van der Waals surface area contributed by atoms with Crippen LogP contribution in [0.25, 0.3) is 21.3 Å². The lowest BCUT2D eigenvalue weighted by atomic mass is 10.0. The molecule has 146 valence electrons. The second-order valence-electron chi connectivity index (χ2n) is 6.39. The number of carbonyl (C=O) groups is 1. The van der Waals surface area contributed by atoms with Crippen molar-refractivity contribution in [1.82, 2.24) is 4.98 Å². The Hall–Kier alpha value is -3.03. The summed E-state index contributed by atoms with van der Waals surface area (Å²) in [7, 11) is 1.51. The van der Waals surface area contributed by atoms with Crippen molar-refractivity contribution in [2.24, 2.45) is 0 Å². The molecule has 0 aliphatic heterocycles. The number of benzene rings is 3. The smallest absolute Gasteiger partial charge is 0.335 e. The molecule has 1 aromatic heterocycles.